The van der Waals surface area contributed by atoms with E-state index in [1.165, 1.54) is 0 Å². The highest BCUT2D eigenvalue weighted by Gasteiger charge is 2.25. The van der Waals surface area contributed by atoms with E-state index in [1.807, 2.05) is 30.6 Å². The van der Waals surface area contributed by atoms with Gasteiger partial charge in [-0.05, 0) is 51.7 Å². The van der Waals surface area contributed by atoms with E-state index in [-0.39, 0.29) is 12.1 Å². The van der Waals surface area contributed by atoms with Crippen LogP contribution in [0.25, 0.3) is 16.6 Å². The van der Waals surface area contributed by atoms with Gasteiger partial charge >= 0.3 is 0 Å². The lowest BCUT2D eigenvalue weighted by Gasteiger charge is -2.25. The number of aryl methyl sites for hydroxylation is 1. The molecule has 2 N–H and O–H groups in total. The van der Waals surface area contributed by atoms with Crippen LogP contribution in [-0.2, 0) is 4.74 Å². The lowest BCUT2D eigenvalue weighted by atomic mass is 9.85. The Bertz CT molecular complexity index is 980. The minimum absolute atomic E-state index is 0.104. The van der Waals surface area contributed by atoms with Crippen molar-refractivity contribution in [3.63, 3.8) is 0 Å². The zero-order valence-electron chi connectivity index (χ0n) is 17.2. The molecule has 0 unspecified atom stereocenters. The number of methoxy groups -OCH3 is 1. The third-order valence-corrected chi connectivity index (χ3v) is 5.54. The number of aliphatic hydroxyl groups excluding tert-OH is 1. The lowest BCUT2D eigenvalue weighted by Crippen LogP contribution is -2.23. The van der Waals surface area contributed by atoms with Crippen molar-refractivity contribution >= 4 is 11.5 Å². The second-order valence-corrected chi connectivity index (χ2v) is 7.95. The van der Waals surface area contributed by atoms with E-state index in [0.717, 1.165) is 53.7 Å². The second kappa shape index (κ2) is 8.42. The molecule has 29 heavy (non-hydrogen) atoms. The van der Waals surface area contributed by atoms with Crippen LogP contribution < -0.4 is 5.32 Å². The summed E-state index contributed by atoms with van der Waals surface area (Å²) >= 11 is 0. The number of nitrogens with zero attached hydrogens (tertiary/aromatic N) is 5. The molecule has 0 amide bonds. The van der Waals surface area contributed by atoms with Crippen LogP contribution in [0.1, 0.15) is 49.9 Å². The molecule has 3 aromatic heterocycles. The summed E-state index contributed by atoms with van der Waals surface area (Å²) < 4.78 is 7.21. The minimum Gasteiger partial charge on any atom is -0.393 e. The van der Waals surface area contributed by atoms with Crippen molar-refractivity contribution in [2.45, 2.75) is 57.6 Å². The summed E-state index contributed by atoms with van der Waals surface area (Å²) in [5.74, 6) is 0.931. The smallest absolute Gasteiger partial charge is 0.241 e. The Kier molecular flexibility index (Phi) is 5.73. The summed E-state index contributed by atoms with van der Waals surface area (Å²) in [5, 5.41) is 26.2. The number of aliphatic hydroxyl groups is 1. The molecule has 1 atom stereocenters. The molecule has 0 radical (unpaired) electrons. The molecule has 8 heteroatoms. The quantitative estimate of drug-likeness (QED) is 0.661. The number of fused-ring (bicyclic) bond motifs is 1. The monoisotopic (exact) mass is 396 g/mol. The van der Waals surface area contributed by atoms with Gasteiger partial charge in [-0.15, -0.1) is 5.10 Å². The van der Waals surface area contributed by atoms with E-state index in [1.54, 1.807) is 13.3 Å². The van der Waals surface area contributed by atoms with E-state index in [0.29, 0.717) is 18.5 Å². The van der Waals surface area contributed by atoms with Crippen LogP contribution >= 0.6 is 0 Å². The predicted molar refractivity (Wildman–Crippen MR) is 111 cm³/mol. The number of hydrogen-bond donors (Lipinski definition) is 2. The van der Waals surface area contributed by atoms with Gasteiger partial charge in [-0.3, -0.25) is 0 Å². The van der Waals surface area contributed by atoms with Crippen molar-refractivity contribution in [3.8, 4) is 11.1 Å². The molecule has 0 saturated heterocycles. The van der Waals surface area contributed by atoms with Crippen LogP contribution in [-0.4, -0.2) is 55.8 Å². The van der Waals surface area contributed by atoms with Gasteiger partial charge in [0.15, 0.2) is 0 Å². The molecule has 154 valence electrons. The van der Waals surface area contributed by atoms with E-state index < -0.39 is 0 Å². The van der Waals surface area contributed by atoms with Crippen LogP contribution in [0.15, 0.2) is 24.5 Å². The Balaban J connectivity index is 1.78. The number of rotatable bonds is 6. The maximum absolute atomic E-state index is 9.93. The maximum Gasteiger partial charge on any atom is 0.241 e. The molecule has 1 aliphatic carbocycles. The minimum atomic E-state index is -0.189. The molecule has 4 rings (SSSR count). The standard InChI is InChI=1S/C21H28N6O2/c1-13-8-16(10-23-25-13)18-9-19(15-4-6-17(28)7-5-15)27-20(18)11-22-21(26-27)24-14(2)12-29-3/h8-11,14-15,17,28H,4-7,12H2,1-3H3,(H,24,26)/t14-,15-,17-/m0/s1. The molecular weight excluding hydrogens is 368 g/mol. The SMILES string of the molecule is COC[C@H](C)Nc1ncc2c(-c3cnnc(C)c3)cc([C@H]3CC[C@H](O)CC3)n2n1. The average Bonchev–Trinajstić information content (AvgIpc) is 3.08. The van der Waals surface area contributed by atoms with E-state index in [4.69, 9.17) is 9.84 Å². The van der Waals surface area contributed by atoms with E-state index in [2.05, 4.69) is 26.6 Å². The van der Waals surface area contributed by atoms with Gasteiger partial charge in [-0.1, -0.05) is 0 Å². The molecule has 0 aromatic carbocycles. The van der Waals surface area contributed by atoms with Gasteiger partial charge in [0.05, 0.1) is 36.3 Å². The van der Waals surface area contributed by atoms with Crippen molar-refractivity contribution in [1.29, 1.82) is 0 Å². The van der Waals surface area contributed by atoms with E-state index in [9.17, 15) is 5.11 Å². The van der Waals surface area contributed by atoms with Gasteiger partial charge in [0, 0.05) is 35.9 Å². The van der Waals surface area contributed by atoms with E-state index >= 15 is 0 Å². The molecule has 1 fully saturated rings. The highest BCUT2D eigenvalue weighted by molar-refractivity contribution is 5.81. The molecular formula is C21H28N6O2. The Hall–Kier alpha value is -2.58. The largest absolute Gasteiger partial charge is 0.393 e. The lowest BCUT2D eigenvalue weighted by molar-refractivity contribution is 0.121. The Morgan fingerprint density at radius 3 is 2.76 bits per heavy atom. The van der Waals surface area contributed by atoms with Crippen LogP contribution in [0.5, 0.6) is 0 Å². The number of anilines is 1. The zero-order chi connectivity index (χ0) is 20.4. The molecule has 3 aromatic rings. The zero-order valence-corrected chi connectivity index (χ0v) is 17.2. The van der Waals surface area contributed by atoms with Crippen LogP contribution in [0.3, 0.4) is 0 Å². The predicted octanol–water partition coefficient (Wildman–Crippen LogP) is 2.96. The summed E-state index contributed by atoms with van der Waals surface area (Å²) in [6.45, 7) is 4.55. The first-order valence-electron chi connectivity index (χ1n) is 10.2. The van der Waals surface area contributed by atoms with Gasteiger partial charge in [-0.2, -0.15) is 10.2 Å². The van der Waals surface area contributed by atoms with Crippen LogP contribution in [0, 0.1) is 6.92 Å². The molecule has 1 aliphatic rings. The summed E-state index contributed by atoms with van der Waals surface area (Å²) in [6, 6.07) is 4.34. The van der Waals surface area contributed by atoms with Crippen molar-refractivity contribution < 1.29 is 9.84 Å². The van der Waals surface area contributed by atoms with Gasteiger partial charge in [0.2, 0.25) is 5.95 Å². The summed E-state index contributed by atoms with van der Waals surface area (Å²) in [6.07, 6.45) is 7.00. The Morgan fingerprint density at radius 1 is 1.24 bits per heavy atom. The fraction of sp³-hybridized carbons (Fsp3) is 0.524. The molecule has 0 aliphatic heterocycles. The van der Waals surface area contributed by atoms with Gasteiger partial charge in [0.1, 0.15) is 0 Å². The molecule has 0 bridgehead atoms. The number of nitrogens with one attached hydrogen (secondary N) is 1. The molecule has 1 saturated carbocycles. The number of ether oxygens (including phenoxy) is 1. The number of hydrogen-bond acceptors (Lipinski definition) is 7. The normalized spacial score (nSPS) is 20.7. The highest BCUT2D eigenvalue weighted by Crippen LogP contribution is 2.37. The number of aromatic nitrogens is 5. The summed E-state index contributed by atoms with van der Waals surface area (Å²) in [7, 11) is 1.68. The topological polar surface area (TPSA) is 97.5 Å². The molecule has 0 spiro atoms. The third-order valence-electron chi connectivity index (χ3n) is 5.54. The average molecular weight is 396 g/mol. The first kappa shape index (κ1) is 19.7. The highest BCUT2D eigenvalue weighted by atomic mass is 16.5. The van der Waals surface area contributed by atoms with Crippen molar-refractivity contribution in [2.75, 3.05) is 19.0 Å². The molecule has 8 nitrogen and oxygen atoms in total. The van der Waals surface area contributed by atoms with Crippen molar-refractivity contribution in [2.24, 2.45) is 0 Å². The Labute approximate surface area is 170 Å². The van der Waals surface area contributed by atoms with Gasteiger partial charge < -0.3 is 15.2 Å². The fourth-order valence-electron chi connectivity index (χ4n) is 4.11. The fourth-order valence-corrected chi connectivity index (χ4v) is 4.11. The van der Waals surface area contributed by atoms with Crippen LogP contribution in [0.2, 0.25) is 0 Å². The molecule has 3 heterocycles. The third kappa shape index (κ3) is 4.23. The van der Waals surface area contributed by atoms with Gasteiger partial charge in [0.25, 0.3) is 0 Å². The second-order valence-electron chi connectivity index (χ2n) is 7.95. The Morgan fingerprint density at radius 2 is 2.03 bits per heavy atom. The van der Waals surface area contributed by atoms with Crippen molar-refractivity contribution in [3.05, 3.63) is 35.9 Å². The van der Waals surface area contributed by atoms with Gasteiger partial charge in [-0.25, -0.2) is 9.50 Å². The van der Waals surface area contributed by atoms with Crippen molar-refractivity contribution in [1.82, 2.24) is 24.8 Å². The first-order valence-corrected chi connectivity index (χ1v) is 10.2. The summed E-state index contributed by atoms with van der Waals surface area (Å²) in [5.41, 5.74) is 5.04. The maximum atomic E-state index is 9.93. The summed E-state index contributed by atoms with van der Waals surface area (Å²) in [4.78, 5) is 4.53. The first-order chi connectivity index (χ1) is 14.0. The van der Waals surface area contributed by atoms with Crippen LogP contribution in [0.4, 0.5) is 5.95 Å².